The molecule has 1 atom stereocenters. The summed E-state index contributed by atoms with van der Waals surface area (Å²) >= 11 is 0. The zero-order valence-corrected chi connectivity index (χ0v) is 32.3. The van der Waals surface area contributed by atoms with Gasteiger partial charge in [0.2, 0.25) is 0 Å². The molecule has 0 bridgehead atoms. The number of carbonyl (C=O) groups is 1. The van der Waals surface area contributed by atoms with Gasteiger partial charge in [0.1, 0.15) is 5.76 Å². The van der Waals surface area contributed by atoms with Crippen molar-refractivity contribution in [3.8, 4) is 0 Å². The van der Waals surface area contributed by atoms with Crippen molar-refractivity contribution >= 4 is 11.5 Å². The summed E-state index contributed by atoms with van der Waals surface area (Å²) in [6.07, 6.45) is 14.4. The van der Waals surface area contributed by atoms with E-state index in [0.29, 0.717) is 42.5 Å². The van der Waals surface area contributed by atoms with Crippen LogP contribution < -0.4 is 10.6 Å². The minimum atomic E-state index is -0.0264. The Kier molecular flexibility index (Phi) is 20.2. The van der Waals surface area contributed by atoms with Crippen LogP contribution in [0.4, 0.5) is 0 Å². The second-order valence-corrected chi connectivity index (χ2v) is 14.9. The first kappa shape index (κ1) is 42.4. The summed E-state index contributed by atoms with van der Waals surface area (Å²) in [5, 5.41) is 6.73. The van der Waals surface area contributed by atoms with E-state index in [0.717, 1.165) is 59.4 Å². The van der Waals surface area contributed by atoms with Crippen LogP contribution in [0.2, 0.25) is 0 Å². The minimum absolute atomic E-state index is 0.0264. The first-order valence-electron chi connectivity index (χ1n) is 18.1. The molecule has 5 heteroatoms. The third-order valence-corrected chi connectivity index (χ3v) is 7.32. The quantitative estimate of drug-likeness (QED) is 0.198. The number of hydrogen-bond donors (Lipinski definition) is 2. The minimum Gasteiger partial charge on any atom is -0.492 e. The van der Waals surface area contributed by atoms with E-state index >= 15 is 0 Å². The summed E-state index contributed by atoms with van der Waals surface area (Å²) in [5.74, 6) is 1.89. The smallest absolute Gasteiger partial charge is 0.251 e. The summed E-state index contributed by atoms with van der Waals surface area (Å²) < 4.78 is 6.15. The van der Waals surface area contributed by atoms with Gasteiger partial charge in [-0.1, -0.05) is 105 Å². The van der Waals surface area contributed by atoms with Crippen molar-refractivity contribution in [1.82, 2.24) is 15.6 Å². The molecule has 48 heavy (non-hydrogen) atoms. The largest absolute Gasteiger partial charge is 0.492 e. The summed E-state index contributed by atoms with van der Waals surface area (Å²) in [4.78, 5) is 17.1. The van der Waals surface area contributed by atoms with Crippen LogP contribution in [-0.2, 0) is 11.3 Å². The molecule has 1 amide bonds. The molecule has 1 aromatic heterocycles. The van der Waals surface area contributed by atoms with Crippen LogP contribution in [0.3, 0.4) is 0 Å². The van der Waals surface area contributed by atoms with Crippen molar-refractivity contribution < 1.29 is 9.53 Å². The predicted molar refractivity (Wildman–Crippen MR) is 208 cm³/mol. The third kappa shape index (κ3) is 18.1. The van der Waals surface area contributed by atoms with Gasteiger partial charge in [-0.05, 0) is 85.8 Å². The molecule has 2 N–H and O–H groups in total. The zero-order chi connectivity index (χ0) is 36.1. The van der Waals surface area contributed by atoms with Crippen molar-refractivity contribution in [2.24, 2.45) is 17.3 Å². The second kappa shape index (κ2) is 22.9. The fourth-order valence-corrected chi connectivity index (χ4v) is 5.03. The number of allylic oxidation sites excluding steroid dienone is 6. The van der Waals surface area contributed by atoms with E-state index in [2.05, 4.69) is 117 Å². The summed E-state index contributed by atoms with van der Waals surface area (Å²) in [7, 11) is 0. The lowest BCUT2D eigenvalue weighted by Crippen LogP contribution is -2.30. The molecule has 5 nitrogen and oxygen atoms in total. The molecule has 1 aliphatic rings. The van der Waals surface area contributed by atoms with Gasteiger partial charge in [-0.15, -0.1) is 6.58 Å². The van der Waals surface area contributed by atoms with Crippen LogP contribution in [0.15, 0.2) is 90.1 Å². The SMILES string of the molecule is C=C(C)CC(CNC(=O)c1cccc(CN\C(C)=C2/CCO/C2=C(/C=C/CC)c2ccncc2)c1)CC(C)C.CC(C)(C)C.CCCC. The number of hydrogen-bond acceptors (Lipinski definition) is 4. The van der Waals surface area contributed by atoms with Crippen LogP contribution in [0, 0.1) is 17.3 Å². The van der Waals surface area contributed by atoms with E-state index in [9.17, 15) is 4.79 Å². The topological polar surface area (TPSA) is 63.2 Å². The van der Waals surface area contributed by atoms with E-state index in [1.165, 1.54) is 18.4 Å². The van der Waals surface area contributed by atoms with E-state index in [-0.39, 0.29) is 5.91 Å². The maximum absolute atomic E-state index is 13.0. The van der Waals surface area contributed by atoms with Crippen LogP contribution in [0.5, 0.6) is 0 Å². The third-order valence-electron chi connectivity index (χ3n) is 7.32. The molecular weight excluding hydrogens is 590 g/mol. The lowest BCUT2D eigenvalue weighted by atomic mass is 9.91. The Balaban J connectivity index is 0.00000113. The highest BCUT2D eigenvalue weighted by Crippen LogP contribution is 2.34. The molecule has 0 radical (unpaired) electrons. The molecule has 2 heterocycles. The van der Waals surface area contributed by atoms with Gasteiger partial charge >= 0.3 is 0 Å². The molecule has 0 aliphatic carbocycles. The van der Waals surface area contributed by atoms with Crippen LogP contribution in [-0.4, -0.2) is 24.0 Å². The molecule has 0 saturated carbocycles. The number of amides is 1. The number of benzene rings is 1. The van der Waals surface area contributed by atoms with Gasteiger partial charge in [0.15, 0.2) is 0 Å². The molecular formula is C43H67N3O2. The molecule has 3 rings (SSSR count). The number of rotatable bonds is 14. The number of nitrogens with one attached hydrogen (secondary N) is 2. The van der Waals surface area contributed by atoms with Gasteiger partial charge in [0, 0.05) is 54.3 Å². The van der Waals surface area contributed by atoms with Gasteiger partial charge < -0.3 is 15.4 Å². The second-order valence-electron chi connectivity index (χ2n) is 14.9. The zero-order valence-electron chi connectivity index (χ0n) is 32.3. The average Bonchev–Trinajstić information content (AvgIpc) is 3.52. The first-order chi connectivity index (χ1) is 22.7. The maximum Gasteiger partial charge on any atom is 0.251 e. The summed E-state index contributed by atoms with van der Waals surface area (Å²) in [5.41, 5.74) is 7.85. The van der Waals surface area contributed by atoms with Crippen LogP contribution >= 0.6 is 0 Å². The average molecular weight is 658 g/mol. The van der Waals surface area contributed by atoms with E-state index in [4.69, 9.17) is 4.74 Å². The van der Waals surface area contributed by atoms with Crippen molar-refractivity contribution in [3.63, 3.8) is 0 Å². The highest BCUT2D eigenvalue weighted by molar-refractivity contribution is 5.94. The summed E-state index contributed by atoms with van der Waals surface area (Å²) in [6, 6.07) is 11.9. The molecule has 1 aromatic carbocycles. The number of pyridine rings is 1. The fraction of sp³-hybridized carbons (Fsp3) is 0.535. The Morgan fingerprint density at radius 3 is 2.21 bits per heavy atom. The fourth-order valence-electron chi connectivity index (χ4n) is 5.03. The highest BCUT2D eigenvalue weighted by atomic mass is 16.5. The van der Waals surface area contributed by atoms with Crippen LogP contribution in [0.1, 0.15) is 136 Å². The number of carbonyl (C=O) groups excluding carboxylic acids is 1. The maximum atomic E-state index is 13.0. The lowest BCUT2D eigenvalue weighted by molar-refractivity contribution is 0.0945. The van der Waals surface area contributed by atoms with Crippen molar-refractivity contribution in [2.45, 2.75) is 121 Å². The van der Waals surface area contributed by atoms with Gasteiger partial charge in [-0.25, -0.2) is 0 Å². The number of unbranched alkanes of at least 4 members (excludes halogenated alkanes) is 1. The van der Waals surface area contributed by atoms with Gasteiger partial charge in [0.25, 0.3) is 5.91 Å². The highest BCUT2D eigenvalue weighted by Gasteiger charge is 2.22. The van der Waals surface area contributed by atoms with E-state index < -0.39 is 0 Å². The van der Waals surface area contributed by atoms with Crippen molar-refractivity contribution in [1.29, 1.82) is 0 Å². The van der Waals surface area contributed by atoms with Crippen molar-refractivity contribution in [2.75, 3.05) is 13.2 Å². The molecule has 1 aliphatic heterocycles. The molecule has 1 fully saturated rings. The van der Waals surface area contributed by atoms with Gasteiger partial charge in [-0.3, -0.25) is 9.78 Å². The van der Waals surface area contributed by atoms with Crippen molar-refractivity contribution in [3.05, 3.63) is 107 Å². The Hall–Kier alpha value is -3.60. The molecule has 0 spiro atoms. The van der Waals surface area contributed by atoms with Gasteiger partial charge in [0.05, 0.1) is 6.61 Å². The molecule has 1 unspecified atom stereocenters. The Morgan fingerprint density at radius 1 is 1.00 bits per heavy atom. The van der Waals surface area contributed by atoms with Crippen LogP contribution in [0.25, 0.3) is 5.57 Å². The predicted octanol–water partition coefficient (Wildman–Crippen LogP) is 11.5. The number of nitrogens with zero attached hydrogens (tertiary/aromatic N) is 1. The first-order valence-corrected chi connectivity index (χ1v) is 18.1. The molecule has 1 saturated heterocycles. The number of aromatic nitrogens is 1. The summed E-state index contributed by atoms with van der Waals surface area (Å²) in [6.45, 7) is 29.9. The van der Waals surface area contributed by atoms with Gasteiger partial charge in [-0.2, -0.15) is 0 Å². The Morgan fingerprint density at radius 2 is 1.65 bits per heavy atom. The normalized spacial score (nSPS) is 15.4. The van der Waals surface area contributed by atoms with E-state index in [1.807, 2.05) is 42.7 Å². The molecule has 2 aromatic rings. The van der Waals surface area contributed by atoms with E-state index in [1.54, 1.807) is 0 Å². The Labute approximate surface area is 294 Å². The Bertz CT molecular complexity index is 1320. The lowest BCUT2D eigenvalue weighted by Gasteiger charge is -2.20. The standard InChI is InChI=1S/C34H45N3O2.C5H12.C4H10/c1-7-8-12-32(29-13-16-35-17-14-29)33-31(15-18-39-33)26(6)36-22-27-10-9-11-30(21-27)34(38)37-23-28(19-24(2)3)20-25(4)5;1-5(2,3)4;1-3-4-2/h8-14,16-17,21,25,28,36H,2,7,15,18-20,22-23H2,1,3-6H3,(H,37,38);1-4H3;3-4H2,1-2H3/b12-8+,31-26+,33-32-;;. The monoisotopic (exact) mass is 658 g/mol. The number of ether oxygens (including phenoxy) is 1. The molecule has 266 valence electrons.